The Labute approximate surface area is 168 Å². The highest BCUT2D eigenvalue weighted by atomic mass is 32.2. The number of para-hydroxylation sites is 1. The zero-order chi connectivity index (χ0) is 18.5. The third-order valence-electron chi connectivity index (χ3n) is 3.63. The van der Waals surface area contributed by atoms with Gasteiger partial charge < -0.3 is 10.1 Å². The van der Waals surface area contributed by atoms with Crippen molar-refractivity contribution in [3.05, 3.63) is 65.7 Å². The van der Waals surface area contributed by atoms with Crippen LogP contribution in [0.25, 0.3) is 10.2 Å². The summed E-state index contributed by atoms with van der Waals surface area (Å²) in [5, 5.41) is 5.41. The molecule has 0 aliphatic carbocycles. The standard InChI is InChI=1S/C19H15N3O2S3/c23-17(12-26-19-22-15-3-1-2-4-16(15)27-19)21-11-13-5-7-14(8-6-13)24-18-20-9-10-25-18/h1-10H,11-12H2,(H,21,23). The number of benzene rings is 2. The van der Waals surface area contributed by atoms with Crippen molar-refractivity contribution >= 4 is 50.6 Å². The lowest BCUT2D eigenvalue weighted by Crippen LogP contribution is -2.24. The zero-order valence-electron chi connectivity index (χ0n) is 14.1. The van der Waals surface area contributed by atoms with Crippen molar-refractivity contribution in [2.24, 2.45) is 0 Å². The molecule has 1 amide bonds. The second-order valence-electron chi connectivity index (χ2n) is 5.56. The molecule has 1 N–H and O–H groups in total. The molecule has 136 valence electrons. The summed E-state index contributed by atoms with van der Waals surface area (Å²) in [6, 6.07) is 15.6. The van der Waals surface area contributed by atoms with Crippen LogP contribution in [0.15, 0.2) is 64.4 Å². The first-order chi connectivity index (χ1) is 13.3. The number of ether oxygens (including phenoxy) is 1. The summed E-state index contributed by atoms with van der Waals surface area (Å²) in [7, 11) is 0. The van der Waals surface area contributed by atoms with Crippen molar-refractivity contribution < 1.29 is 9.53 Å². The van der Waals surface area contributed by atoms with E-state index in [4.69, 9.17) is 4.74 Å². The van der Waals surface area contributed by atoms with Gasteiger partial charge >= 0.3 is 0 Å². The number of fused-ring (bicyclic) bond motifs is 1. The van der Waals surface area contributed by atoms with Gasteiger partial charge in [0.05, 0.1) is 16.0 Å². The maximum Gasteiger partial charge on any atom is 0.278 e. The number of rotatable bonds is 7. The number of nitrogens with zero attached hydrogens (tertiary/aromatic N) is 2. The van der Waals surface area contributed by atoms with Crippen LogP contribution in [0.3, 0.4) is 0 Å². The molecule has 8 heteroatoms. The predicted molar refractivity (Wildman–Crippen MR) is 111 cm³/mol. The quantitative estimate of drug-likeness (QED) is 0.434. The van der Waals surface area contributed by atoms with Gasteiger partial charge in [0.25, 0.3) is 5.19 Å². The van der Waals surface area contributed by atoms with Gasteiger partial charge in [0, 0.05) is 18.1 Å². The van der Waals surface area contributed by atoms with Crippen molar-refractivity contribution in [3.8, 4) is 10.9 Å². The van der Waals surface area contributed by atoms with Gasteiger partial charge in [0.1, 0.15) is 5.75 Å². The fourth-order valence-corrected chi connectivity index (χ4v) is 4.73. The topological polar surface area (TPSA) is 64.1 Å². The van der Waals surface area contributed by atoms with E-state index in [-0.39, 0.29) is 5.91 Å². The van der Waals surface area contributed by atoms with Gasteiger partial charge in [-0.25, -0.2) is 9.97 Å². The van der Waals surface area contributed by atoms with Gasteiger partial charge in [-0.3, -0.25) is 4.79 Å². The van der Waals surface area contributed by atoms with Gasteiger partial charge in [-0.05, 0) is 29.8 Å². The van der Waals surface area contributed by atoms with Crippen LogP contribution in [0.2, 0.25) is 0 Å². The summed E-state index contributed by atoms with van der Waals surface area (Å²) in [5.41, 5.74) is 1.99. The lowest BCUT2D eigenvalue weighted by Gasteiger charge is -2.06. The third-order valence-corrected chi connectivity index (χ3v) is 6.46. The molecule has 27 heavy (non-hydrogen) atoms. The normalized spacial score (nSPS) is 10.8. The lowest BCUT2D eigenvalue weighted by molar-refractivity contribution is -0.118. The van der Waals surface area contributed by atoms with E-state index in [1.807, 2.05) is 53.9 Å². The van der Waals surface area contributed by atoms with E-state index in [0.29, 0.717) is 17.5 Å². The first-order valence-corrected chi connectivity index (χ1v) is 10.9. The van der Waals surface area contributed by atoms with Crippen LogP contribution in [-0.2, 0) is 11.3 Å². The molecule has 4 rings (SSSR count). The number of amides is 1. The zero-order valence-corrected chi connectivity index (χ0v) is 16.6. The van der Waals surface area contributed by atoms with Crippen LogP contribution in [-0.4, -0.2) is 21.6 Å². The monoisotopic (exact) mass is 413 g/mol. The number of thioether (sulfide) groups is 1. The van der Waals surface area contributed by atoms with E-state index in [0.717, 1.165) is 25.9 Å². The smallest absolute Gasteiger partial charge is 0.278 e. The Balaban J connectivity index is 1.25. The number of hydrogen-bond acceptors (Lipinski definition) is 7. The van der Waals surface area contributed by atoms with Crippen molar-refractivity contribution in [3.63, 3.8) is 0 Å². The molecule has 0 saturated carbocycles. The lowest BCUT2D eigenvalue weighted by atomic mass is 10.2. The number of carbonyl (C=O) groups is 1. The minimum atomic E-state index is -0.0117. The third kappa shape index (κ3) is 4.85. The molecule has 0 atom stereocenters. The van der Waals surface area contributed by atoms with E-state index in [1.165, 1.54) is 23.1 Å². The molecule has 4 aromatic rings. The number of nitrogens with one attached hydrogen (secondary N) is 1. The van der Waals surface area contributed by atoms with E-state index >= 15 is 0 Å². The summed E-state index contributed by atoms with van der Waals surface area (Å²) in [6.45, 7) is 0.483. The molecule has 0 fully saturated rings. The Morgan fingerprint density at radius 2 is 2.00 bits per heavy atom. The molecule has 0 aliphatic rings. The van der Waals surface area contributed by atoms with Crippen molar-refractivity contribution in [2.75, 3.05) is 5.75 Å². The van der Waals surface area contributed by atoms with Crippen LogP contribution in [0, 0.1) is 0 Å². The Morgan fingerprint density at radius 1 is 1.15 bits per heavy atom. The van der Waals surface area contributed by atoms with Crippen LogP contribution >= 0.6 is 34.4 Å². The first-order valence-electron chi connectivity index (χ1n) is 8.17. The van der Waals surface area contributed by atoms with Crippen LogP contribution in [0.5, 0.6) is 10.9 Å². The van der Waals surface area contributed by atoms with Crippen LogP contribution in [0.1, 0.15) is 5.56 Å². The maximum absolute atomic E-state index is 12.1. The Morgan fingerprint density at radius 3 is 2.78 bits per heavy atom. The number of hydrogen-bond donors (Lipinski definition) is 1. The highest BCUT2D eigenvalue weighted by molar-refractivity contribution is 8.01. The molecule has 5 nitrogen and oxygen atoms in total. The summed E-state index contributed by atoms with van der Waals surface area (Å²) >= 11 is 4.52. The van der Waals surface area contributed by atoms with E-state index in [2.05, 4.69) is 15.3 Å². The first kappa shape index (κ1) is 18.0. The highest BCUT2D eigenvalue weighted by Gasteiger charge is 2.08. The fraction of sp³-hybridized carbons (Fsp3) is 0.105. The van der Waals surface area contributed by atoms with E-state index < -0.39 is 0 Å². The maximum atomic E-state index is 12.1. The summed E-state index contributed by atoms with van der Waals surface area (Å²) < 4.78 is 7.67. The van der Waals surface area contributed by atoms with Crippen molar-refractivity contribution in [1.29, 1.82) is 0 Å². The van der Waals surface area contributed by atoms with Crippen molar-refractivity contribution in [2.45, 2.75) is 10.9 Å². The van der Waals surface area contributed by atoms with Gasteiger partial charge in [-0.1, -0.05) is 47.4 Å². The second-order valence-corrected chi connectivity index (χ2v) is 8.67. The van der Waals surface area contributed by atoms with Crippen LogP contribution in [0.4, 0.5) is 0 Å². The molecule has 2 aromatic carbocycles. The minimum absolute atomic E-state index is 0.0117. The van der Waals surface area contributed by atoms with Gasteiger partial charge in [0.15, 0.2) is 4.34 Å². The average Bonchev–Trinajstić information content (AvgIpc) is 3.35. The molecule has 2 heterocycles. The Kier molecular flexibility index (Phi) is 5.66. The molecule has 0 aliphatic heterocycles. The molecule has 0 spiro atoms. The molecular formula is C19H15N3O2S3. The SMILES string of the molecule is O=C(CSc1nc2ccccc2s1)NCc1ccc(Oc2nccs2)cc1. The summed E-state index contributed by atoms with van der Waals surface area (Å²) in [6.07, 6.45) is 1.70. The van der Waals surface area contributed by atoms with Crippen LogP contribution < -0.4 is 10.1 Å². The Hall–Kier alpha value is -2.42. The number of thiazole rings is 2. The highest BCUT2D eigenvalue weighted by Crippen LogP contribution is 2.29. The van der Waals surface area contributed by atoms with Gasteiger partial charge in [0.2, 0.25) is 5.91 Å². The van der Waals surface area contributed by atoms with Gasteiger partial charge in [-0.15, -0.1) is 11.3 Å². The predicted octanol–water partition coefficient (Wildman–Crippen LogP) is 4.95. The van der Waals surface area contributed by atoms with Crippen molar-refractivity contribution in [1.82, 2.24) is 15.3 Å². The molecule has 0 saturated heterocycles. The molecule has 0 radical (unpaired) electrons. The largest absolute Gasteiger partial charge is 0.431 e. The average molecular weight is 414 g/mol. The molecule has 2 aromatic heterocycles. The summed E-state index contributed by atoms with van der Waals surface area (Å²) in [5.74, 6) is 1.07. The molecule has 0 bridgehead atoms. The molecular weight excluding hydrogens is 398 g/mol. The second kappa shape index (κ2) is 8.51. The molecule has 0 unspecified atom stereocenters. The van der Waals surface area contributed by atoms with E-state index in [1.54, 1.807) is 17.5 Å². The summed E-state index contributed by atoms with van der Waals surface area (Å²) in [4.78, 5) is 20.7. The Bertz CT molecular complexity index is 997. The minimum Gasteiger partial charge on any atom is -0.431 e. The van der Waals surface area contributed by atoms with Gasteiger partial charge in [-0.2, -0.15) is 0 Å². The fourth-order valence-electron chi connectivity index (χ4n) is 2.33. The number of aromatic nitrogens is 2. The number of carbonyl (C=O) groups excluding carboxylic acids is 1. The van der Waals surface area contributed by atoms with E-state index in [9.17, 15) is 4.79 Å².